The van der Waals surface area contributed by atoms with E-state index in [-0.39, 0.29) is 31.4 Å². The minimum absolute atomic E-state index is 0.0144. The summed E-state index contributed by atoms with van der Waals surface area (Å²) in [6, 6.07) is 7.53. The third kappa shape index (κ3) is 5.03. The summed E-state index contributed by atoms with van der Waals surface area (Å²) in [5.41, 5.74) is 1.21. The van der Waals surface area contributed by atoms with Crippen LogP contribution in [0.3, 0.4) is 0 Å². The second-order valence-electron chi connectivity index (χ2n) is 6.97. The van der Waals surface area contributed by atoms with E-state index in [1.54, 1.807) is 6.92 Å². The van der Waals surface area contributed by atoms with Gasteiger partial charge in [-0.25, -0.2) is 0 Å². The number of benzene rings is 1. The van der Waals surface area contributed by atoms with E-state index in [0.717, 1.165) is 5.56 Å². The van der Waals surface area contributed by atoms with Crippen LogP contribution < -0.4 is 10.6 Å². The fourth-order valence-electron chi connectivity index (χ4n) is 3.06. The molecule has 7 nitrogen and oxygen atoms in total. The number of aliphatic hydroxyl groups excluding tert-OH is 2. The minimum atomic E-state index is -1.05. The van der Waals surface area contributed by atoms with Gasteiger partial charge in [0.1, 0.15) is 0 Å². The van der Waals surface area contributed by atoms with Gasteiger partial charge in [-0.1, -0.05) is 36.8 Å². The van der Waals surface area contributed by atoms with Gasteiger partial charge in [0.25, 0.3) is 0 Å². The lowest BCUT2D eigenvalue weighted by Crippen LogP contribution is -2.59. The fraction of sp³-hybridized carbons (Fsp3) is 0.579. The Morgan fingerprint density at radius 3 is 2.54 bits per heavy atom. The number of nitrogens with one attached hydrogen (secondary N) is 2. The zero-order valence-corrected chi connectivity index (χ0v) is 15.5. The van der Waals surface area contributed by atoms with Gasteiger partial charge in [-0.15, -0.1) is 0 Å². The largest absolute Gasteiger partial charge is 0.394 e. The lowest BCUT2D eigenvalue weighted by atomic mass is 9.97. The maximum absolute atomic E-state index is 12.5. The van der Waals surface area contributed by atoms with Crippen molar-refractivity contribution < 1.29 is 19.8 Å². The number of amides is 2. The van der Waals surface area contributed by atoms with E-state index < -0.39 is 11.6 Å². The first-order valence-electron chi connectivity index (χ1n) is 9.03. The van der Waals surface area contributed by atoms with Crippen molar-refractivity contribution in [2.45, 2.75) is 44.8 Å². The van der Waals surface area contributed by atoms with Gasteiger partial charge in [0.15, 0.2) is 0 Å². The Kier molecular flexibility index (Phi) is 7.14. The van der Waals surface area contributed by atoms with Gasteiger partial charge in [0.2, 0.25) is 11.8 Å². The number of carbonyl (C=O) groups excluding carboxylic acids is 2. The number of rotatable bonds is 8. The molecule has 1 aliphatic heterocycles. The van der Waals surface area contributed by atoms with Gasteiger partial charge in [-0.2, -0.15) is 0 Å². The molecule has 2 rings (SSSR count). The molecule has 0 unspecified atom stereocenters. The smallest absolute Gasteiger partial charge is 0.237 e. The molecule has 0 aromatic heterocycles. The number of nitrogens with zero attached hydrogens (tertiary/aromatic N) is 1. The van der Waals surface area contributed by atoms with E-state index in [0.29, 0.717) is 26.1 Å². The van der Waals surface area contributed by atoms with Crippen molar-refractivity contribution >= 4 is 11.8 Å². The average molecular weight is 363 g/mol. The van der Waals surface area contributed by atoms with Gasteiger partial charge >= 0.3 is 0 Å². The highest BCUT2D eigenvalue weighted by Gasteiger charge is 2.34. The quantitative estimate of drug-likeness (QED) is 0.518. The first-order chi connectivity index (χ1) is 12.4. The zero-order chi connectivity index (χ0) is 19.2. The molecule has 1 aromatic carbocycles. The fourth-order valence-corrected chi connectivity index (χ4v) is 3.06. The molecule has 4 N–H and O–H groups in total. The van der Waals surface area contributed by atoms with Crippen molar-refractivity contribution in [2.24, 2.45) is 0 Å². The Bertz CT molecular complexity index is 605. The predicted molar refractivity (Wildman–Crippen MR) is 98.3 cm³/mol. The second kappa shape index (κ2) is 9.12. The van der Waals surface area contributed by atoms with Crippen LogP contribution in [0.15, 0.2) is 24.3 Å². The molecule has 26 heavy (non-hydrogen) atoms. The summed E-state index contributed by atoms with van der Waals surface area (Å²) in [6.07, 6.45) is 0.384. The molecular formula is C19H29N3O4. The van der Waals surface area contributed by atoms with Crippen molar-refractivity contribution in [1.29, 1.82) is 0 Å². The molecule has 1 aromatic rings. The van der Waals surface area contributed by atoms with E-state index in [2.05, 4.69) is 10.6 Å². The third-order valence-corrected chi connectivity index (χ3v) is 5.01. The van der Waals surface area contributed by atoms with Crippen LogP contribution in [-0.4, -0.2) is 64.8 Å². The van der Waals surface area contributed by atoms with E-state index in [1.807, 2.05) is 36.1 Å². The molecular weight excluding hydrogens is 334 g/mol. The normalized spacial score (nSPS) is 18.5. The van der Waals surface area contributed by atoms with Gasteiger partial charge < -0.3 is 20.8 Å². The standard InChI is InChI=1S/C19H29N3O4/c1-3-19(12-23,13-24)21-17(25)10-16-18(26)20-8-9-22(16)11-15-6-4-14(2)5-7-15/h4-7,16,23-24H,3,8-13H2,1-2H3,(H,20,26)(H,21,25)/t16-/m1/s1. The van der Waals surface area contributed by atoms with Crippen LogP contribution in [0.2, 0.25) is 0 Å². The van der Waals surface area contributed by atoms with Crippen molar-refractivity contribution in [3.63, 3.8) is 0 Å². The second-order valence-corrected chi connectivity index (χ2v) is 6.97. The molecule has 0 aliphatic carbocycles. The highest BCUT2D eigenvalue weighted by atomic mass is 16.3. The number of piperazine rings is 1. The highest BCUT2D eigenvalue weighted by molar-refractivity contribution is 5.89. The highest BCUT2D eigenvalue weighted by Crippen LogP contribution is 2.16. The third-order valence-electron chi connectivity index (χ3n) is 5.01. The van der Waals surface area contributed by atoms with E-state index in [9.17, 15) is 19.8 Å². The van der Waals surface area contributed by atoms with E-state index in [4.69, 9.17) is 0 Å². The Labute approximate surface area is 154 Å². The maximum Gasteiger partial charge on any atom is 0.237 e. The number of hydrogen-bond acceptors (Lipinski definition) is 5. The molecule has 0 radical (unpaired) electrons. The van der Waals surface area contributed by atoms with E-state index >= 15 is 0 Å². The Hall–Kier alpha value is -1.96. The molecule has 1 saturated heterocycles. The SMILES string of the molecule is CCC(CO)(CO)NC(=O)C[C@@H]1C(=O)NCCN1Cc1ccc(C)cc1. The van der Waals surface area contributed by atoms with Crippen molar-refractivity contribution in [3.05, 3.63) is 35.4 Å². The molecule has 1 fully saturated rings. The van der Waals surface area contributed by atoms with Crippen LogP contribution in [0.5, 0.6) is 0 Å². The average Bonchev–Trinajstić information content (AvgIpc) is 2.64. The Morgan fingerprint density at radius 1 is 1.31 bits per heavy atom. The van der Waals surface area contributed by atoms with Crippen molar-refractivity contribution in [1.82, 2.24) is 15.5 Å². The molecule has 0 spiro atoms. The molecule has 144 valence electrons. The molecule has 7 heteroatoms. The Balaban J connectivity index is 2.06. The van der Waals surface area contributed by atoms with Gasteiger partial charge in [0.05, 0.1) is 31.2 Å². The summed E-state index contributed by atoms with van der Waals surface area (Å²) < 4.78 is 0. The minimum Gasteiger partial charge on any atom is -0.394 e. The topological polar surface area (TPSA) is 102 Å². The summed E-state index contributed by atoms with van der Waals surface area (Å²) in [5, 5.41) is 24.5. The maximum atomic E-state index is 12.5. The summed E-state index contributed by atoms with van der Waals surface area (Å²) >= 11 is 0. The summed E-state index contributed by atoms with van der Waals surface area (Å²) in [7, 11) is 0. The number of carbonyl (C=O) groups is 2. The first kappa shape index (κ1) is 20.4. The van der Waals surface area contributed by atoms with Gasteiger partial charge in [-0.05, 0) is 18.9 Å². The lowest BCUT2D eigenvalue weighted by Gasteiger charge is -2.36. The molecule has 0 saturated carbocycles. The van der Waals surface area contributed by atoms with Crippen LogP contribution in [0.4, 0.5) is 0 Å². The number of hydrogen-bond donors (Lipinski definition) is 4. The monoisotopic (exact) mass is 363 g/mol. The van der Waals surface area contributed by atoms with Gasteiger partial charge in [-0.3, -0.25) is 14.5 Å². The van der Waals surface area contributed by atoms with Gasteiger partial charge in [0, 0.05) is 19.6 Å². The van der Waals surface area contributed by atoms with Crippen LogP contribution in [-0.2, 0) is 16.1 Å². The molecule has 1 aliphatic rings. The lowest BCUT2D eigenvalue weighted by molar-refractivity contribution is -0.135. The Morgan fingerprint density at radius 2 is 1.96 bits per heavy atom. The summed E-state index contributed by atoms with van der Waals surface area (Å²) in [5.74, 6) is -0.528. The molecule has 1 heterocycles. The number of aliphatic hydroxyl groups is 2. The van der Waals surface area contributed by atoms with Crippen molar-refractivity contribution in [3.8, 4) is 0 Å². The van der Waals surface area contributed by atoms with E-state index in [1.165, 1.54) is 5.56 Å². The molecule has 2 amide bonds. The zero-order valence-electron chi connectivity index (χ0n) is 15.5. The van der Waals surface area contributed by atoms with Crippen molar-refractivity contribution in [2.75, 3.05) is 26.3 Å². The first-order valence-corrected chi connectivity index (χ1v) is 9.03. The number of aryl methyl sites for hydroxylation is 1. The molecule has 1 atom stereocenters. The van der Waals surface area contributed by atoms with Crippen LogP contribution in [0.1, 0.15) is 30.9 Å². The summed E-state index contributed by atoms with van der Waals surface area (Å²) in [4.78, 5) is 26.8. The predicted octanol–water partition coefficient (Wildman–Crippen LogP) is -0.0649. The molecule has 0 bridgehead atoms. The van der Waals surface area contributed by atoms with Crippen LogP contribution in [0.25, 0.3) is 0 Å². The van der Waals surface area contributed by atoms with Crippen LogP contribution in [0, 0.1) is 6.92 Å². The summed E-state index contributed by atoms with van der Waals surface area (Å²) in [6.45, 7) is 4.90. The van der Waals surface area contributed by atoms with Crippen LogP contribution >= 0.6 is 0 Å².